The maximum atomic E-state index is 12.3. The van der Waals surface area contributed by atoms with E-state index >= 15 is 0 Å². The van der Waals surface area contributed by atoms with Gasteiger partial charge in [0.2, 0.25) is 0 Å². The zero-order valence-corrected chi connectivity index (χ0v) is 12.7. The molecule has 0 aliphatic carbocycles. The van der Waals surface area contributed by atoms with E-state index in [1.165, 1.54) is 6.07 Å². The van der Waals surface area contributed by atoms with Gasteiger partial charge in [0.15, 0.2) is 16.9 Å². The molecular weight excluding hydrogens is 296 g/mol. The van der Waals surface area contributed by atoms with E-state index in [0.717, 1.165) is 12.0 Å². The zero-order chi connectivity index (χ0) is 15.5. The number of fused-ring (bicyclic) bond motifs is 1. The summed E-state index contributed by atoms with van der Waals surface area (Å²) in [6, 6.07) is 14.0. The van der Waals surface area contributed by atoms with Crippen LogP contribution in [0.15, 0.2) is 57.7 Å². The topological polar surface area (TPSA) is 91.2 Å². The van der Waals surface area contributed by atoms with Gasteiger partial charge in [-0.05, 0) is 18.6 Å². The van der Waals surface area contributed by atoms with Gasteiger partial charge < -0.3 is 19.7 Å². The van der Waals surface area contributed by atoms with Crippen molar-refractivity contribution < 1.29 is 19.7 Å². The second-order valence-corrected chi connectivity index (χ2v) is 4.97. The van der Waals surface area contributed by atoms with Crippen LogP contribution in [0.4, 0.5) is 0 Å². The molecule has 0 spiro atoms. The first-order valence-electron chi connectivity index (χ1n) is 7.18. The van der Waals surface area contributed by atoms with Gasteiger partial charge in [0, 0.05) is 11.6 Å². The highest BCUT2D eigenvalue weighted by Crippen LogP contribution is 2.34. The van der Waals surface area contributed by atoms with Gasteiger partial charge in [-0.15, -0.1) is 0 Å². The van der Waals surface area contributed by atoms with Gasteiger partial charge in [0.05, 0.1) is 6.61 Å². The zero-order valence-electron chi connectivity index (χ0n) is 12.7. The molecule has 3 rings (SSSR count). The Morgan fingerprint density at radius 2 is 1.87 bits per heavy atom. The Labute approximate surface area is 133 Å². The summed E-state index contributed by atoms with van der Waals surface area (Å²) >= 11 is 0. The molecule has 3 aromatic rings. The van der Waals surface area contributed by atoms with E-state index in [9.17, 15) is 9.90 Å². The average molecular weight is 314 g/mol. The van der Waals surface area contributed by atoms with Crippen molar-refractivity contribution in [3.63, 3.8) is 0 Å². The summed E-state index contributed by atoms with van der Waals surface area (Å²) in [5, 5.41) is 10.4. The molecule has 5 heteroatoms. The summed E-state index contributed by atoms with van der Waals surface area (Å²) in [6.07, 6.45) is 0.818. The van der Waals surface area contributed by atoms with Crippen molar-refractivity contribution in [2.24, 2.45) is 0 Å². The SMILES string of the molecule is CCCOc1ccc2oc(-c3ccccc3)cc(=O)c2c1O.O. The van der Waals surface area contributed by atoms with Gasteiger partial charge >= 0.3 is 0 Å². The third-order valence-corrected chi connectivity index (χ3v) is 3.35. The molecule has 0 atom stereocenters. The second-order valence-electron chi connectivity index (χ2n) is 4.97. The fraction of sp³-hybridized carbons (Fsp3) is 0.167. The van der Waals surface area contributed by atoms with Gasteiger partial charge in [-0.1, -0.05) is 37.3 Å². The quantitative estimate of drug-likeness (QED) is 0.801. The second kappa shape index (κ2) is 6.98. The Hall–Kier alpha value is -2.79. The summed E-state index contributed by atoms with van der Waals surface area (Å²) in [7, 11) is 0. The highest BCUT2D eigenvalue weighted by Gasteiger charge is 2.14. The molecule has 0 saturated heterocycles. The molecule has 120 valence electrons. The summed E-state index contributed by atoms with van der Waals surface area (Å²) in [6.45, 7) is 2.45. The molecule has 0 unspecified atom stereocenters. The molecule has 23 heavy (non-hydrogen) atoms. The number of rotatable bonds is 4. The van der Waals surface area contributed by atoms with Crippen molar-refractivity contribution in [3.05, 3.63) is 58.8 Å². The lowest BCUT2D eigenvalue weighted by Crippen LogP contribution is -2.02. The fourth-order valence-electron chi connectivity index (χ4n) is 2.29. The van der Waals surface area contributed by atoms with Gasteiger partial charge in [-0.3, -0.25) is 4.79 Å². The lowest BCUT2D eigenvalue weighted by molar-refractivity contribution is 0.300. The van der Waals surface area contributed by atoms with E-state index in [-0.39, 0.29) is 22.0 Å². The number of ether oxygens (including phenoxy) is 1. The van der Waals surface area contributed by atoms with E-state index in [0.29, 0.717) is 23.7 Å². The summed E-state index contributed by atoms with van der Waals surface area (Å²) in [4.78, 5) is 12.3. The largest absolute Gasteiger partial charge is 0.504 e. The lowest BCUT2D eigenvalue weighted by Gasteiger charge is -2.09. The molecule has 5 nitrogen and oxygen atoms in total. The molecule has 0 fully saturated rings. The molecule has 0 radical (unpaired) electrons. The van der Waals surface area contributed by atoms with Crippen LogP contribution in [-0.4, -0.2) is 17.2 Å². The molecule has 0 amide bonds. The average Bonchev–Trinajstić information content (AvgIpc) is 2.54. The first kappa shape index (κ1) is 16.6. The number of hydrogen-bond acceptors (Lipinski definition) is 4. The Morgan fingerprint density at radius 1 is 1.13 bits per heavy atom. The van der Waals surface area contributed by atoms with E-state index < -0.39 is 0 Å². The predicted octanol–water partition coefficient (Wildman–Crippen LogP) is 3.13. The van der Waals surface area contributed by atoms with Crippen LogP contribution < -0.4 is 10.2 Å². The molecule has 1 heterocycles. The summed E-state index contributed by atoms with van der Waals surface area (Å²) in [5.41, 5.74) is 0.861. The van der Waals surface area contributed by atoms with Crippen LogP contribution in [0.3, 0.4) is 0 Å². The highest BCUT2D eigenvalue weighted by atomic mass is 16.5. The van der Waals surface area contributed by atoms with Gasteiger partial charge in [-0.25, -0.2) is 0 Å². The molecule has 0 bridgehead atoms. The minimum atomic E-state index is -0.292. The summed E-state index contributed by atoms with van der Waals surface area (Å²) in [5.74, 6) is 0.605. The number of hydrogen-bond donors (Lipinski definition) is 1. The van der Waals surface area contributed by atoms with Crippen LogP contribution in [0.25, 0.3) is 22.3 Å². The fourth-order valence-corrected chi connectivity index (χ4v) is 2.29. The maximum absolute atomic E-state index is 12.3. The smallest absolute Gasteiger partial charge is 0.197 e. The van der Waals surface area contributed by atoms with E-state index in [2.05, 4.69) is 0 Å². The van der Waals surface area contributed by atoms with Crippen LogP contribution in [0, 0.1) is 0 Å². The first-order chi connectivity index (χ1) is 10.7. The maximum Gasteiger partial charge on any atom is 0.197 e. The Bertz CT molecular complexity index is 852. The molecule has 0 aliphatic heterocycles. The van der Waals surface area contributed by atoms with Crippen LogP contribution in [0.1, 0.15) is 13.3 Å². The molecular formula is C18H18O5. The molecule has 2 aromatic carbocycles. The molecule has 0 saturated carbocycles. The summed E-state index contributed by atoms with van der Waals surface area (Å²) < 4.78 is 11.2. The third kappa shape index (κ3) is 3.19. The monoisotopic (exact) mass is 314 g/mol. The standard InChI is InChI=1S/C18H16O4.H2O/c1-2-10-21-15-9-8-14-17(18(15)20)13(19)11-16(22-14)12-6-4-3-5-7-12;/h3-9,11,20H,2,10H2,1H3;1H2. The molecule has 3 N–H and O–H groups in total. The van der Waals surface area contributed by atoms with Crippen LogP contribution >= 0.6 is 0 Å². The first-order valence-corrected chi connectivity index (χ1v) is 7.18. The van der Waals surface area contributed by atoms with E-state index in [4.69, 9.17) is 9.15 Å². The number of aromatic hydroxyl groups is 1. The minimum absolute atomic E-state index is 0. The van der Waals surface area contributed by atoms with Crippen molar-refractivity contribution in [2.75, 3.05) is 6.61 Å². The number of phenolic OH excluding ortho intramolecular Hbond substituents is 1. The minimum Gasteiger partial charge on any atom is -0.504 e. The number of benzene rings is 2. The Balaban J connectivity index is 0.00000192. The third-order valence-electron chi connectivity index (χ3n) is 3.35. The van der Waals surface area contributed by atoms with Crippen LogP contribution in [0.5, 0.6) is 11.5 Å². The Kier molecular flexibility index (Phi) is 5.03. The Morgan fingerprint density at radius 3 is 2.57 bits per heavy atom. The van der Waals surface area contributed by atoms with E-state index in [1.807, 2.05) is 37.3 Å². The van der Waals surface area contributed by atoms with Gasteiger partial charge in [0.1, 0.15) is 16.7 Å². The van der Waals surface area contributed by atoms with E-state index in [1.54, 1.807) is 12.1 Å². The molecule has 0 aliphatic rings. The normalized spacial score (nSPS) is 10.3. The van der Waals surface area contributed by atoms with Crippen molar-refractivity contribution in [2.45, 2.75) is 13.3 Å². The predicted molar refractivity (Wildman–Crippen MR) is 89.0 cm³/mol. The van der Waals surface area contributed by atoms with Crippen molar-refractivity contribution in [1.82, 2.24) is 0 Å². The molecule has 1 aromatic heterocycles. The van der Waals surface area contributed by atoms with Crippen molar-refractivity contribution in [3.8, 4) is 22.8 Å². The van der Waals surface area contributed by atoms with Crippen LogP contribution in [-0.2, 0) is 0 Å². The number of phenols is 1. The lowest BCUT2D eigenvalue weighted by atomic mass is 10.1. The van der Waals surface area contributed by atoms with Crippen LogP contribution in [0.2, 0.25) is 0 Å². The van der Waals surface area contributed by atoms with Gasteiger partial charge in [-0.2, -0.15) is 0 Å². The highest BCUT2D eigenvalue weighted by molar-refractivity contribution is 5.87. The van der Waals surface area contributed by atoms with Crippen molar-refractivity contribution >= 4 is 11.0 Å². The van der Waals surface area contributed by atoms with Gasteiger partial charge in [0.25, 0.3) is 0 Å². The van der Waals surface area contributed by atoms with Crippen molar-refractivity contribution in [1.29, 1.82) is 0 Å².